The number of nitrogens with zero attached hydrogens (tertiary/aromatic N) is 1. The van der Waals surface area contributed by atoms with Gasteiger partial charge in [-0.05, 0) is 54.7 Å². The Hall–Kier alpha value is -2.82. The molecule has 5 heteroatoms. The number of carbonyl (C=O) groups excluding carboxylic acids is 2. The van der Waals surface area contributed by atoms with Crippen LogP contribution in [0.3, 0.4) is 0 Å². The quantitative estimate of drug-likeness (QED) is 0.934. The third-order valence-corrected chi connectivity index (χ3v) is 4.79. The first-order valence-corrected chi connectivity index (χ1v) is 8.64. The number of rotatable bonds is 4. The van der Waals surface area contributed by atoms with Crippen molar-refractivity contribution in [1.29, 1.82) is 0 Å². The Bertz CT molecular complexity index is 804. The minimum atomic E-state index is -0.350. The van der Waals surface area contributed by atoms with Gasteiger partial charge in [-0.25, -0.2) is 4.79 Å². The van der Waals surface area contributed by atoms with Crippen molar-refractivity contribution in [2.45, 2.75) is 25.4 Å². The van der Waals surface area contributed by atoms with Crippen molar-refractivity contribution in [2.24, 2.45) is 0 Å². The van der Waals surface area contributed by atoms with Gasteiger partial charge in [0.2, 0.25) is 0 Å². The van der Waals surface area contributed by atoms with Crippen molar-refractivity contribution >= 4 is 17.7 Å². The highest BCUT2D eigenvalue weighted by molar-refractivity contribution is 5.94. The fourth-order valence-corrected chi connectivity index (χ4v) is 3.46. The lowest BCUT2D eigenvalue weighted by atomic mass is 10.1. The number of ether oxygens (including phenoxy) is 1. The van der Waals surface area contributed by atoms with Crippen LogP contribution in [-0.4, -0.2) is 31.2 Å². The average molecular weight is 336 g/mol. The summed E-state index contributed by atoms with van der Waals surface area (Å²) < 4.78 is 5.41. The minimum Gasteiger partial charge on any atom is -0.442 e. The maximum Gasteiger partial charge on any atom is 0.414 e. The molecular weight excluding hydrogens is 316 g/mol. The molecule has 1 aliphatic carbocycles. The van der Waals surface area contributed by atoms with Gasteiger partial charge in [0.05, 0.1) is 13.1 Å². The topological polar surface area (TPSA) is 58.6 Å². The second-order valence-electron chi connectivity index (χ2n) is 6.50. The van der Waals surface area contributed by atoms with Crippen LogP contribution in [0.2, 0.25) is 0 Å². The van der Waals surface area contributed by atoms with Crippen LogP contribution < -0.4 is 10.2 Å². The zero-order chi connectivity index (χ0) is 17.2. The van der Waals surface area contributed by atoms with Crippen LogP contribution in [0.5, 0.6) is 0 Å². The largest absolute Gasteiger partial charge is 0.442 e. The predicted octanol–water partition coefficient (Wildman–Crippen LogP) is 2.93. The SMILES string of the molecule is O=C(NCC1CN(c2ccc3c(c2)CCC3)C(=O)O1)c1ccccc1. The number of carbonyl (C=O) groups is 2. The molecule has 1 fully saturated rings. The molecule has 1 aliphatic heterocycles. The normalized spacial score (nSPS) is 18.8. The van der Waals surface area contributed by atoms with Gasteiger partial charge in [0, 0.05) is 11.3 Å². The molecular formula is C20H20N2O3. The fourth-order valence-electron chi connectivity index (χ4n) is 3.46. The Kier molecular flexibility index (Phi) is 4.14. The number of cyclic esters (lactones) is 1. The molecule has 2 aromatic carbocycles. The number of hydrogen-bond donors (Lipinski definition) is 1. The van der Waals surface area contributed by atoms with Crippen LogP contribution in [0.4, 0.5) is 10.5 Å². The number of nitrogens with one attached hydrogen (secondary N) is 1. The van der Waals surface area contributed by atoms with Gasteiger partial charge in [0.15, 0.2) is 0 Å². The highest BCUT2D eigenvalue weighted by Crippen LogP contribution is 2.29. The molecule has 1 saturated heterocycles. The molecule has 1 unspecified atom stereocenters. The lowest BCUT2D eigenvalue weighted by molar-refractivity contribution is 0.0916. The van der Waals surface area contributed by atoms with Crippen molar-refractivity contribution < 1.29 is 14.3 Å². The molecule has 4 rings (SSSR count). The summed E-state index contributed by atoms with van der Waals surface area (Å²) in [5.74, 6) is -0.160. The second-order valence-corrected chi connectivity index (χ2v) is 6.50. The fraction of sp³-hybridized carbons (Fsp3) is 0.300. The Labute approximate surface area is 146 Å². The van der Waals surface area contributed by atoms with E-state index in [4.69, 9.17) is 4.74 Å². The molecule has 2 aromatic rings. The third-order valence-electron chi connectivity index (χ3n) is 4.79. The van der Waals surface area contributed by atoms with Gasteiger partial charge in [-0.3, -0.25) is 9.69 Å². The number of fused-ring (bicyclic) bond motifs is 1. The zero-order valence-corrected chi connectivity index (χ0v) is 13.9. The Balaban J connectivity index is 1.38. The molecule has 25 heavy (non-hydrogen) atoms. The van der Waals surface area contributed by atoms with Crippen LogP contribution >= 0.6 is 0 Å². The van der Waals surface area contributed by atoms with Crippen molar-refractivity contribution in [3.63, 3.8) is 0 Å². The Morgan fingerprint density at radius 1 is 1.12 bits per heavy atom. The third kappa shape index (κ3) is 3.22. The predicted molar refractivity (Wildman–Crippen MR) is 94.9 cm³/mol. The van der Waals surface area contributed by atoms with Gasteiger partial charge in [0.25, 0.3) is 5.91 Å². The van der Waals surface area contributed by atoms with Gasteiger partial charge in [-0.1, -0.05) is 24.3 Å². The molecule has 2 amide bonds. The smallest absolute Gasteiger partial charge is 0.414 e. The van der Waals surface area contributed by atoms with E-state index in [1.807, 2.05) is 24.3 Å². The van der Waals surface area contributed by atoms with E-state index in [0.717, 1.165) is 18.5 Å². The molecule has 1 N–H and O–H groups in total. The standard InChI is InChI=1S/C20H20N2O3/c23-19(15-5-2-1-3-6-15)21-12-18-13-22(20(24)25-18)17-10-9-14-7-4-8-16(14)11-17/h1-3,5-6,9-11,18H,4,7-8,12-13H2,(H,21,23). The van der Waals surface area contributed by atoms with Gasteiger partial charge in [0.1, 0.15) is 6.10 Å². The summed E-state index contributed by atoms with van der Waals surface area (Å²) in [7, 11) is 0. The van der Waals surface area contributed by atoms with Gasteiger partial charge in [-0.2, -0.15) is 0 Å². The number of anilines is 1. The maximum atomic E-state index is 12.2. The van der Waals surface area contributed by atoms with Crippen molar-refractivity contribution in [3.8, 4) is 0 Å². The highest BCUT2D eigenvalue weighted by Gasteiger charge is 2.33. The van der Waals surface area contributed by atoms with Crippen molar-refractivity contribution in [3.05, 3.63) is 65.2 Å². The molecule has 0 spiro atoms. The molecule has 0 bridgehead atoms. The minimum absolute atomic E-state index is 0.160. The van der Waals surface area contributed by atoms with Crippen LogP contribution in [0.25, 0.3) is 0 Å². The number of aryl methyl sites for hydroxylation is 2. The van der Waals surface area contributed by atoms with E-state index in [2.05, 4.69) is 17.4 Å². The van der Waals surface area contributed by atoms with Crippen molar-refractivity contribution in [2.75, 3.05) is 18.0 Å². The van der Waals surface area contributed by atoms with Crippen LogP contribution in [0, 0.1) is 0 Å². The molecule has 1 heterocycles. The molecule has 0 radical (unpaired) electrons. The second kappa shape index (κ2) is 6.59. The van der Waals surface area contributed by atoms with E-state index in [1.165, 1.54) is 17.5 Å². The van der Waals surface area contributed by atoms with E-state index in [-0.39, 0.29) is 18.1 Å². The lowest BCUT2D eigenvalue weighted by Crippen LogP contribution is -2.34. The van der Waals surface area contributed by atoms with Gasteiger partial charge >= 0.3 is 6.09 Å². The lowest BCUT2D eigenvalue weighted by Gasteiger charge is -2.14. The summed E-state index contributed by atoms with van der Waals surface area (Å²) in [4.78, 5) is 25.9. The first kappa shape index (κ1) is 15.7. The van der Waals surface area contributed by atoms with Crippen molar-refractivity contribution in [1.82, 2.24) is 5.32 Å². The van der Waals surface area contributed by atoms with E-state index in [1.54, 1.807) is 17.0 Å². The molecule has 0 saturated carbocycles. The molecule has 128 valence electrons. The van der Waals surface area contributed by atoms with E-state index >= 15 is 0 Å². The maximum absolute atomic E-state index is 12.2. The summed E-state index contributed by atoms with van der Waals surface area (Å²) in [6.45, 7) is 0.758. The molecule has 1 atom stereocenters. The number of amides is 2. The highest BCUT2D eigenvalue weighted by atomic mass is 16.6. The Morgan fingerprint density at radius 2 is 1.92 bits per heavy atom. The Morgan fingerprint density at radius 3 is 2.76 bits per heavy atom. The van der Waals surface area contributed by atoms with E-state index < -0.39 is 0 Å². The first-order chi connectivity index (χ1) is 12.2. The molecule has 2 aliphatic rings. The summed E-state index contributed by atoms with van der Waals surface area (Å²) >= 11 is 0. The first-order valence-electron chi connectivity index (χ1n) is 8.64. The van der Waals surface area contributed by atoms with Crippen LogP contribution in [-0.2, 0) is 17.6 Å². The van der Waals surface area contributed by atoms with E-state index in [9.17, 15) is 9.59 Å². The number of benzene rings is 2. The van der Waals surface area contributed by atoms with Gasteiger partial charge < -0.3 is 10.1 Å². The zero-order valence-electron chi connectivity index (χ0n) is 13.9. The van der Waals surface area contributed by atoms with Crippen LogP contribution in [0.15, 0.2) is 48.5 Å². The average Bonchev–Trinajstić information content (AvgIpc) is 3.26. The summed E-state index contributed by atoms with van der Waals surface area (Å²) in [6, 6.07) is 15.2. The molecule has 5 nitrogen and oxygen atoms in total. The summed E-state index contributed by atoms with van der Waals surface area (Å²) in [5.41, 5.74) is 4.18. The molecule has 0 aromatic heterocycles. The number of hydrogen-bond acceptors (Lipinski definition) is 3. The van der Waals surface area contributed by atoms with Crippen LogP contribution in [0.1, 0.15) is 27.9 Å². The summed E-state index contributed by atoms with van der Waals surface area (Å²) in [6.07, 6.45) is 2.68. The summed E-state index contributed by atoms with van der Waals surface area (Å²) in [5, 5.41) is 2.83. The van der Waals surface area contributed by atoms with Gasteiger partial charge in [-0.15, -0.1) is 0 Å². The van der Waals surface area contributed by atoms with E-state index in [0.29, 0.717) is 18.7 Å². The monoisotopic (exact) mass is 336 g/mol.